The van der Waals surface area contributed by atoms with Crippen LogP contribution in [0.3, 0.4) is 0 Å². The number of hydrogen-bond acceptors (Lipinski definition) is 8. The van der Waals surface area contributed by atoms with Crippen LogP contribution < -0.4 is 14.3 Å². The first-order chi connectivity index (χ1) is 15.3. The molecule has 0 aliphatic heterocycles. The van der Waals surface area contributed by atoms with Crippen LogP contribution in [0.15, 0.2) is 47.5 Å². The van der Waals surface area contributed by atoms with Gasteiger partial charge in [0.25, 0.3) is 5.91 Å². The maximum Gasteiger partial charge on any atom is 0.325 e. The number of thiazole rings is 1. The largest absolute Gasteiger partial charge is 0.495 e. The fourth-order valence-electron chi connectivity index (χ4n) is 3.09. The minimum Gasteiger partial charge on any atom is -0.495 e. The van der Waals surface area contributed by atoms with Crippen molar-refractivity contribution >= 4 is 43.3 Å². The Morgan fingerprint density at radius 3 is 2.28 bits per heavy atom. The summed E-state index contributed by atoms with van der Waals surface area (Å²) in [4.78, 5) is 28.7. The van der Waals surface area contributed by atoms with Gasteiger partial charge >= 0.3 is 5.97 Å². The number of sulfone groups is 1. The van der Waals surface area contributed by atoms with Crippen molar-refractivity contribution in [1.82, 2.24) is 4.57 Å². The van der Waals surface area contributed by atoms with E-state index < -0.39 is 27.5 Å². The average Bonchev–Trinajstić information content (AvgIpc) is 3.10. The molecule has 0 aliphatic carbocycles. The van der Waals surface area contributed by atoms with Crippen molar-refractivity contribution in [3.63, 3.8) is 0 Å². The summed E-state index contributed by atoms with van der Waals surface area (Å²) in [6.07, 6.45) is 0. The molecule has 11 heteroatoms. The number of carbonyl (C=O) groups is 2. The fourth-order valence-corrected chi connectivity index (χ4v) is 5.48. The Bertz CT molecular complexity index is 1310. The molecule has 170 valence electrons. The van der Waals surface area contributed by atoms with Gasteiger partial charge in [-0.1, -0.05) is 41.7 Å². The van der Waals surface area contributed by atoms with Gasteiger partial charge in [-0.2, -0.15) is 4.99 Å². The minimum atomic E-state index is -3.74. The van der Waals surface area contributed by atoms with Crippen LogP contribution in [0.4, 0.5) is 0 Å². The number of nitrogens with zero attached hydrogens (tertiary/aromatic N) is 2. The van der Waals surface area contributed by atoms with Gasteiger partial charge in [0, 0.05) is 0 Å². The molecule has 9 nitrogen and oxygen atoms in total. The standard InChI is InChI=1S/C21H22N2O7S2/c1-28-15-9-10-16(29-2)20-19(15)23(11-18(25)30-3)21(31-20)22-17(24)13-32(26,27)12-14-7-5-4-6-8-14/h4-10H,11-13H2,1-3H3. The normalized spacial score (nSPS) is 12.0. The molecule has 1 amide bonds. The summed E-state index contributed by atoms with van der Waals surface area (Å²) in [5, 5.41) is 0. The number of aromatic nitrogens is 1. The van der Waals surface area contributed by atoms with Gasteiger partial charge in [-0.25, -0.2) is 8.42 Å². The number of hydrogen-bond donors (Lipinski definition) is 0. The van der Waals surface area contributed by atoms with Crippen molar-refractivity contribution < 1.29 is 32.2 Å². The van der Waals surface area contributed by atoms with Crippen molar-refractivity contribution in [3.05, 3.63) is 52.8 Å². The Morgan fingerprint density at radius 2 is 1.66 bits per heavy atom. The van der Waals surface area contributed by atoms with Crippen molar-refractivity contribution in [3.8, 4) is 11.5 Å². The van der Waals surface area contributed by atoms with Crippen molar-refractivity contribution in [2.45, 2.75) is 12.3 Å². The van der Waals surface area contributed by atoms with E-state index in [1.54, 1.807) is 42.5 Å². The lowest BCUT2D eigenvalue weighted by molar-refractivity contribution is -0.141. The molecule has 0 saturated carbocycles. The third kappa shape index (κ3) is 5.35. The van der Waals surface area contributed by atoms with Gasteiger partial charge in [0.05, 0.1) is 27.1 Å². The second kappa shape index (κ2) is 9.96. The molecule has 2 aromatic carbocycles. The fraction of sp³-hybridized carbons (Fsp3) is 0.286. The Hall–Kier alpha value is -3.18. The minimum absolute atomic E-state index is 0.133. The molecule has 0 atom stereocenters. The average molecular weight is 479 g/mol. The third-order valence-corrected chi connectivity index (χ3v) is 7.05. The second-order valence-corrected chi connectivity index (χ2v) is 9.76. The van der Waals surface area contributed by atoms with E-state index in [4.69, 9.17) is 14.2 Å². The summed E-state index contributed by atoms with van der Waals surface area (Å²) in [5.74, 6) is -1.51. The number of rotatable bonds is 8. The highest BCUT2D eigenvalue weighted by atomic mass is 32.2. The lowest BCUT2D eigenvalue weighted by Crippen LogP contribution is -2.24. The molecule has 0 fully saturated rings. The number of benzene rings is 2. The highest BCUT2D eigenvalue weighted by Crippen LogP contribution is 2.35. The molecule has 3 aromatic rings. The Morgan fingerprint density at radius 1 is 1.00 bits per heavy atom. The summed E-state index contributed by atoms with van der Waals surface area (Å²) < 4.78 is 42.6. The van der Waals surface area contributed by atoms with E-state index in [1.807, 2.05) is 0 Å². The molecule has 32 heavy (non-hydrogen) atoms. The number of esters is 1. The van der Waals surface area contributed by atoms with E-state index >= 15 is 0 Å². The van der Waals surface area contributed by atoms with E-state index in [-0.39, 0.29) is 17.1 Å². The van der Waals surface area contributed by atoms with E-state index in [0.29, 0.717) is 27.3 Å². The summed E-state index contributed by atoms with van der Waals surface area (Å²) in [6, 6.07) is 11.9. The quantitative estimate of drug-likeness (QED) is 0.455. The van der Waals surface area contributed by atoms with Crippen LogP contribution in [0.5, 0.6) is 11.5 Å². The summed E-state index contributed by atoms with van der Waals surface area (Å²) in [6.45, 7) is -0.247. The molecular formula is C21H22N2O7S2. The van der Waals surface area contributed by atoms with Crippen molar-refractivity contribution in [2.24, 2.45) is 4.99 Å². The molecule has 0 unspecified atom stereocenters. The monoisotopic (exact) mass is 478 g/mol. The van der Waals surface area contributed by atoms with Gasteiger partial charge in [-0.05, 0) is 17.7 Å². The Balaban J connectivity index is 2.05. The van der Waals surface area contributed by atoms with Crippen LogP contribution >= 0.6 is 11.3 Å². The Kier molecular flexibility index (Phi) is 7.31. The zero-order valence-corrected chi connectivity index (χ0v) is 19.4. The van der Waals surface area contributed by atoms with E-state index in [1.165, 1.54) is 25.9 Å². The maximum atomic E-state index is 12.6. The van der Waals surface area contributed by atoms with E-state index in [0.717, 1.165) is 11.3 Å². The molecule has 0 spiro atoms. The first-order valence-corrected chi connectivity index (χ1v) is 12.0. The van der Waals surface area contributed by atoms with Crippen molar-refractivity contribution in [2.75, 3.05) is 27.1 Å². The van der Waals surface area contributed by atoms with Crippen LogP contribution in [-0.4, -0.2) is 51.9 Å². The lowest BCUT2D eigenvalue weighted by atomic mass is 10.2. The molecule has 0 N–H and O–H groups in total. The van der Waals surface area contributed by atoms with Crippen LogP contribution in [0, 0.1) is 0 Å². The molecule has 0 saturated heterocycles. The predicted octanol–water partition coefficient (Wildman–Crippen LogP) is 1.94. The van der Waals surface area contributed by atoms with Gasteiger partial charge < -0.3 is 18.8 Å². The highest BCUT2D eigenvalue weighted by molar-refractivity contribution is 7.91. The third-order valence-electron chi connectivity index (χ3n) is 4.50. The van der Waals surface area contributed by atoms with Crippen LogP contribution in [0.1, 0.15) is 5.56 Å². The van der Waals surface area contributed by atoms with Crippen LogP contribution in [0.2, 0.25) is 0 Å². The Labute approximate surface area is 188 Å². The predicted molar refractivity (Wildman–Crippen MR) is 119 cm³/mol. The molecule has 1 heterocycles. The summed E-state index contributed by atoms with van der Waals surface area (Å²) >= 11 is 1.08. The molecule has 0 radical (unpaired) electrons. The van der Waals surface area contributed by atoms with Crippen LogP contribution in [-0.2, 0) is 36.5 Å². The molecule has 3 rings (SSSR count). The molecule has 1 aromatic heterocycles. The van der Waals surface area contributed by atoms with Gasteiger partial charge in [-0.3, -0.25) is 9.59 Å². The maximum absolute atomic E-state index is 12.6. The van der Waals surface area contributed by atoms with Crippen LogP contribution in [0.25, 0.3) is 10.2 Å². The summed E-state index contributed by atoms with van der Waals surface area (Å²) in [5.41, 5.74) is 1.07. The van der Waals surface area contributed by atoms with Gasteiger partial charge in [0.1, 0.15) is 34.0 Å². The van der Waals surface area contributed by atoms with Gasteiger partial charge in [-0.15, -0.1) is 0 Å². The molecular weight excluding hydrogens is 456 g/mol. The SMILES string of the molecule is COC(=O)Cn1c(=NC(=O)CS(=O)(=O)Cc2ccccc2)sc2c(OC)ccc(OC)c21. The molecule has 0 bridgehead atoms. The first kappa shape index (κ1) is 23.5. The molecule has 0 aliphatic rings. The number of methoxy groups -OCH3 is 3. The zero-order valence-electron chi connectivity index (χ0n) is 17.7. The highest BCUT2D eigenvalue weighted by Gasteiger charge is 2.21. The summed E-state index contributed by atoms with van der Waals surface area (Å²) in [7, 11) is 0.466. The van der Waals surface area contributed by atoms with E-state index in [2.05, 4.69) is 4.99 Å². The second-order valence-electron chi connectivity index (χ2n) is 6.72. The van der Waals surface area contributed by atoms with Crippen molar-refractivity contribution in [1.29, 1.82) is 0 Å². The topological polar surface area (TPSA) is 113 Å². The van der Waals surface area contributed by atoms with Gasteiger partial charge in [0.2, 0.25) is 0 Å². The zero-order chi connectivity index (χ0) is 23.3. The van der Waals surface area contributed by atoms with E-state index in [9.17, 15) is 18.0 Å². The number of ether oxygens (including phenoxy) is 3. The number of carbonyl (C=O) groups excluding carboxylic acids is 2. The first-order valence-electron chi connectivity index (χ1n) is 9.41. The smallest absolute Gasteiger partial charge is 0.325 e. The number of fused-ring (bicyclic) bond motifs is 1. The number of amides is 1. The van der Waals surface area contributed by atoms with Gasteiger partial charge in [0.15, 0.2) is 14.6 Å². The lowest BCUT2D eigenvalue weighted by Gasteiger charge is -2.09.